The van der Waals surface area contributed by atoms with Gasteiger partial charge >= 0.3 is 0 Å². The molecule has 1 aromatic rings. The molecule has 0 amide bonds. The SMILES string of the molecule is C=C[C@@H]1C[C@H](OCc2ccccc2)[C@H](O[Si](C)(C)C(C)(C)C)[C@H]1O. The summed E-state index contributed by atoms with van der Waals surface area (Å²) in [5.41, 5.74) is 1.14. The molecule has 2 rings (SSSR count). The Labute approximate surface area is 147 Å². The first kappa shape index (κ1) is 19.4. The van der Waals surface area contributed by atoms with E-state index in [-0.39, 0.29) is 23.2 Å². The van der Waals surface area contributed by atoms with Crippen LogP contribution in [0.4, 0.5) is 0 Å². The zero-order valence-corrected chi connectivity index (χ0v) is 16.7. The second kappa shape index (κ2) is 7.52. The summed E-state index contributed by atoms with van der Waals surface area (Å²) in [6.07, 6.45) is 1.67. The Bertz CT molecular complexity index is 536. The van der Waals surface area contributed by atoms with Gasteiger partial charge in [-0.15, -0.1) is 6.58 Å². The number of hydrogen-bond acceptors (Lipinski definition) is 3. The van der Waals surface area contributed by atoms with Crippen molar-refractivity contribution in [1.29, 1.82) is 0 Å². The summed E-state index contributed by atoms with van der Waals surface area (Å²) >= 11 is 0. The lowest BCUT2D eigenvalue weighted by atomic mass is 10.1. The molecule has 0 bridgehead atoms. The van der Waals surface area contributed by atoms with E-state index in [4.69, 9.17) is 9.16 Å². The zero-order chi connectivity index (χ0) is 18.0. The Kier molecular flexibility index (Phi) is 6.08. The van der Waals surface area contributed by atoms with E-state index in [1.807, 2.05) is 24.3 Å². The Hall–Kier alpha value is -0.943. The van der Waals surface area contributed by atoms with E-state index in [1.54, 1.807) is 0 Å². The molecule has 1 saturated carbocycles. The van der Waals surface area contributed by atoms with Gasteiger partial charge in [-0.05, 0) is 30.1 Å². The van der Waals surface area contributed by atoms with Crippen LogP contribution in [0, 0.1) is 5.92 Å². The van der Waals surface area contributed by atoms with Crippen LogP contribution in [-0.4, -0.2) is 31.7 Å². The molecule has 0 heterocycles. The molecule has 0 aliphatic heterocycles. The number of ether oxygens (including phenoxy) is 1. The molecule has 3 nitrogen and oxygen atoms in total. The van der Waals surface area contributed by atoms with Crippen molar-refractivity contribution in [3.63, 3.8) is 0 Å². The Morgan fingerprint density at radius 3 is 2.42 bits per heavy atom. The minimum atomic E-state index is -1.98. The molecule has 0 spiro atoms. The summed E-state index contributed by atoms with van der Waals surface area (Å²) in [7, 11) is -1.98. The topological polar surface area (TPSA) is 38.7 Å². The van der Waals surface area contributed by atoms with Gasteiger partial charge in [-0.3, -0.25) is 0 Å². The van der Waals surface area contributed by atoms with Crippen LogP contribution < -0.4 is 0 Å². The van der Waals surface area contributed by atoms with Crippen LogP contribution in [-0.2, 0) is 15.8 Å². The number of aliphatic hydroxyl groups is 1. The Morgan fingerprint density at radius 2 is 1.88 bits per heavy atom. The molecule has 1 fully saturated rings. The lowest BCUT2D eigenvalue weighted by Crippen LogP contribution is -2.49. The van der Waals surface area contributed by atoms with Gasteiger partial charge < -0.3 is 14.3 Å². The molecule has 1 aliphatic rings. The van der Waals surface area contributed by atoms with Crippen LogP contribution >= 0.6 is 0 Å². The first-order chi connectivity index (χ1) is 11.2. The molecule has 24 heavy (non-hydrogen) atoms. The number of hydrogen-bond donors (Lipinski definition) is 1. The van der Waals surface area contributed by atoms with E-state index in [1.165, 1.54) is 0 Å². The third-order valence-electron chi connectivity index (χ3n) is 5.49. The van der Waals surface area contributed by atoms with E-state index >= 15 is 0 Å². The summed E-state index contributed by atoms with van der Waals surface area (Å²) in [4.78, 5) is 0. The van der Waals surface area contributed by atoms with E-state index in [9.17, 15) is 5.11 Å². The Balaban J connectivity index is 2.10. The second-order valence-corrected chi connectivity index (χ2v) is 13.1. The summed E-state index contributed by atoms with van der Waals surface area (Å²) in [6.45, 7) is 15.5. The molecule has 1 aromatic carbocycles. The summed E-state index contributed by atoms with van der Waals surface area (Å²) in [5.74, 6) is 0.0283. The van der Waals surface area contributed by atoms with Crippen LogP contribution in [0.15, 0.2) is 43.0 Å². The van der Waals surface area contributed by atoms with Crippen molar-refractivity contribution in [2.45, 2.75) is 70.2 Å². The van der Waals surface area contributed by atoms with Gasteiger partial charge in [0.1, 0.15) is 0 Å². The van der Waals surface area contributed by atoms with Gasteiger partial charge in [0.15, 0.2) is 8.32 Å². The van der Waals surface area contributed by atoms with Crippen LogP contribution in [0.5, 0.6) is 0 Å². The Morgan fingerprint density at radius 1 is 1.25 bits per heavy atom. The highest BCUT2D eigenvalue weighted by Crippen LogP contribution is 2.41. The number of benzene rings is 1. The fourth-order valence-electron chi connectivity index (χ4n) is 2.84. The minimum absolute atomic E-state index is 0.0283. The third-order valence-corrected chi connectivity index (χ3v) is 9.97. The van der Waals surface area contributed by atoms with Gasteiger partial charge in [-0.25, -0.2) is 0 Å². The smallest absolute Gasteiger partial charge is 0.192 e. The van der Waals surface area contributed by atoms with Gasteiger partial charge in [0.05, 0.1) is 24.9 Å². The predicted octanol–water partition coefficient (Wildman–Crippen LogP) is 4.53. The number of rotatable bonds is 6. The summed E-state index contributed by atoms with van der Waals surface area (Å²) < 4.78 is 12.7. The molecule has 0 unspecified atom stereocenters. The largest absolute Gasteiger partial charge is 0.409 e. The molecule has 4 atom stereocenters. The zero-order valence-electron chi connectivity index (χ0n) is 15.7. The minimum Gasteiger partial charge on any atom is -0.409 e. The monoisotopic (exact) mass is 348 g/mol. The molecule has 1 N–H and O–H groups in total. The van der Waals surface area contributed by atoms with Crippen molar-refractivity contribution in [2.24, 2.45) is 5.92 Å². The molecular formula is C20H32O3Si. The molecule has 0 aromatic heterocycles. The standard InChI is InChI=1S/C20H32O3Si/c1-7-16-13-17(22-14-15-11-9-8-10-12-15)19(18(16)21)23-24(5,6)20(2,3)4/h7-12,16-19,21H,1,13-14H2,2-6H3/t16-,17+,18+,19+/m1/s1. The highest BCUT2D eigenvalue weighted by Gasteiger charge is 2.48. The molecule has 4 heteroatoms. The molecule has 134 valence electrons. The maximum atomic E-state index is 10.7. The van der Waals surface area contributed by atoms with E-state index in [2.05, 4.69) is 52.6 Å². The van der Waals surface area contributed by atoms with E-state index in [0.717, 1.165) is 12.0 Å². The predicted molar refractivity (Wildman–Crippen MR) is 101 cm³/mol. The van der Waals surface area contributed by atoms with Gasteiger partial charge in [0, 0.05) is 5.92 Å². The first-order valence-corrected chi connectivity index (χ1v) is 11.7. The first-order valence-electron chi connectivity index (χ1n) is 8.79. The van der Waals surface area contributed by atoms with Crippen LogP contribution in [0.25, 0.3) is 0 Å². The highest BCUT2D eigenvalue weighted by molar-refractivity contribution is 6.74. The highest BCUT2D eigenvalue weighted by atomic mass is 28.4. The maximum absolute atomic E-state index is 10.7. The van der Waals surface area contributed by atoms with E-state index < -0.39 is 14.4 Å². The fraction of sp³-hybridized carbons (Fsp3) is 0.600. The lowest BCUT2D eigenvalue weighted by Gasteiger charge is -2.40. The third kappa shape index (κ3) is 4.36. The maximum Gasteiger partial charge on any atom is 0.192 e. The lowest BCUT2D eigenvalue weighted by molar-refractivity contribution is -0.0549. The van der Waals surface area contributed by atoms with Crippen molar-refractivity contribution >= 4 is 8.32 Å². The van der Waals surface area contributed by atoms with Crippen molar-refractivity contribution in [2.75, 3.05) is 0 Å². The van der Waals surface area contributed by atoms with Gasteiger partial charge in [-0.1, -0.05) is 57.2 Å². The van der Waals surface area contributed by atoms with E-state index in [0.29, 0.717) is 6.61 Å². The summed E-state index contributed by atoms with van der Waals surface area (Å²) in [6, 6.07) is 10.1. The van der Waals surface area contributed by atoms with Crippen molar-refractivity contribution in [1.82, 2.24) is 0 Å². The molecule has 0 radical (unpaired) electrons. The van der Waals surface area contributed by atoms with Crippen molar-refractivity contribution in [3.8, 4) is 0 Å². The average Bonchev–Trinajstić information content (AvgIpc) is 2.81. The fourth-order valence-corrected chi connectivity index (χ4v) is 4.17. The molecular weight excluding hydrogens is 316 g/mol. The van der Waals surface area contributed by atoms with Crippen LogP contribution in [0.1, 0.15) is 32.8 Å². The van der Waals surface area contributed by atoms with Gasteiger partial charge in [-0.2, -0.15) is 0 Å². The van der Waals surface area contributed by atoms with Gasteiger partial charge in [0.2, 0.25) is 0 Å². The normalized spacial score (nSPS) is 28.1. The van der Waals surface area contributed by atoms with Crippen LogP contribution in [0.2, 0.25) is 18.1 Å². The van der Waals surface area contributed by atoms with Crippen LogP contribution in [0.3, 0.4) is 0 Å². The number of aliphatic hydroxyl groups excluding tert-OH is 1. The second-order valence-electron chi connectivity index (χ2n) is 8.30. The molecule has 1 aliphatic carbocycles. The quantitative estimate of drug-likeness (QED) is 0.606. The van der Waals surface area contributed by atoms with Gasteiger partial charge in [0.25, 0.3) is 0 Å². The van der Waals surface area contributed by atoms with Crippen molar-refractivity contribution in [3.05, 3.63) is 48.6 Å². The molecule has 0 saturated heterocycles. The summed E-state index contributed by atoms with van der Waals surface area (Å²) in [5, 5.41) is 10.8. The average molecular weight is 349 g/mol. The van der Waals surface area contributed by atoms with Crippen molar-refractivity contribution < 1.29 is 14.3 Å².